The first-order valence-electron chi connectivity index (χ1n) is 11.8. The number of pyridine rings is 1. The molecule has 1 aromatic heterocycles. The second-order valence-electron chi connectivity index (χ2n) is 8.01. The number of halogens is 1. The maximum Gasteiger partial charge on any atom is 0.255 e. The van der Waals surface area contributed by atoms with Gasteiger partial charge in [0.15, 0.2) is 0 Å². The predicted octanol–water partition coefficient (Wildman–Crippen LogP) is 6.27. The quantitative estimate of drug-likeness (QED) is 0.239. The van der Waals surface area contributed by atoms with Gasteiger partial charge in [-0.2, -0.15) is 0 Å². The lowest BCUT2D eigenvalue weighted by atomic mass is 10.1. The Morgan fingerprint density at radius 3 is 2.63 bits per heavy atom. The van der Waals surface area contributed by atoms with Crippen LogP contribution in [0.4, 0.5) is 0 Å². The molecule has 0 aliphatic rings. The number of para-hydroxylation sites is 1. The molecule has 35 heavy (non-hydrogen) atoms. The van der Waals surface area contributed by atoms with Crippen LogP contribution in [0.15, 0.2) is 95.0 Å². The SMILES string of the molecule is C\C=C(/C=C\C(=C\CC)CNCc1cc2ccc(Cl)cc2n(CCOc2ccccc2)c1=O)OC. The Bertz CT molecular complexity index is 1260. The maximum atomic E-state index is 13.4. The zero-order valence-corrected chi connectivity index (χ0v) is 21.3. The van der Waals surface area contributed by atoms with E-state index in [1.165, 1.54) is 0 Å². The molecule has 0 atom stereocenters. The fourth-order valence-electron chi connectivity index (χ4n) is 3.80. The van der Waals surface area contributed by atoms with Crippen LogP contribution in [0.3, 0.4) is 0 Å². The number of fused-ring (bicyclic) bond motifs is 1. The third kappa shape index (κ3) is 7.61. The number of hydrogen-bond acceptors (Lipinski definition) is 4. The molecule has 3 rings (SSSR count). The number of rotatable bonds is 12. The lowest BCUT2D eigenvalue weighted by molar-refractivity contribution is 0.298. The monoisotopic (exact) mass is 492 g/mol. The highest BCUT2D eigenvalue weighted by molar-refractivity contribution is 6.31. The summed E-state index contributed by atoms with van der Waals surface area (Å²) in [7, 11) is 1.66. The number of aromatic nitrogens is 1. The van der Waals surface area contributed by atoms with Crippen molar-refractivity contribution in [2.75, 3.05) is 20.3 Å². The van der Waals surface area contributed by atoms with Gasteiger partial charge in [0, 0.05) is 23.7 Å². The molecule has 2 aromatic carbocycles. The van der Waals surface area contributed by atoms with E-state index < -0.39 is 0 Å². The first kappa shape index (κ1) is 26.3. The molecule has 0 unspecified atom stereocenters. The number of allylic oxidation sites excluding steroid dienone is 3. The summed E-state index contributed by atoms with van der Waals surface area (Å²) >= 11 is 6.25. The predicted molar refractivity (Wildman–Crippen MR) is 145 cm³/mol. The summed E-state index contributed by atoms with van der Waals surface area (Å²) < 4.78 is 12.9. The van der Waals surface area contributed by atoms with Crippen LogP contribution in [0.5, 0.6) is 5.75 Å². The molecule has 0 saturated carbocycles. The number of benzene rings is 2. The highest BCUT2D eigenvalue weighted by atomic mass is 35.5. The van der Waals surface area contributed by atoms with Gasteiger partial charge in [-0.3, -0.25) is 4.79 Å². The molecule has 0 aliphatic carbocycles. The van der Waals surface area contributed by atoms with E-state index in [2.05, 4.69) is 18.3 Å². The lowest BCUT2D eigenvalue weighted by Gasteiger charge is -2.15. The van der Waals surface area contributed by atoms with Gasteiger partial charge in [0.2, 0.25) is 0 Å². The summed E-state index contributed by atoms with van der Waals surface area (Å²) in [6, 6.07) is 17.2. The summed E-state index contributed by atoms with van der Waals surface area (Å²) in [4.78, 5) is 13.4. The van der Waals surface area contributed by atoms with E-state index in [9.17, 15) is 4.79 Å². The average Bonchev–Trinajstić information content (AvgIpc) is 2.87. The molecule has 0 spiro atoms. The Kier molecular flexibility index (Phi) is 10.2. The number of nitrogens with one attached hydrogen (secondary N) is 1. The van der Waals surface area contributed by atoms with Crippen LogP contribution in [0.2, 0.25) is 5.02 Å². The van der Waals surface area contributed by atoms with E-state index in [4.69, 9.17) is 21.1 Å². The molecule has 6 heteroatoms. The van der Waals surface area contributed by atoms with Gasteiger partial charge in [0.05, 0.1) is 19.2 Å². The molecule has 1 heterocycles. The lowest BCUT2D eigenvalue weighted by Crippen LogP contribution is -2.29. The molecule has 5 nitrogen and oxygen atoms in total. The molecule has 1 N–H and O–H groups in total. The van der Waals surface area contributed by atoms with Crippen molar-refractivity contribution in [3.63, 3.8) is 0 Å². The van der Waals surface area contributed by atoms with Crippen molar-refractivity contribution in [3.8, 4) is 5.75 Å². The molecule has 0 saturated heterocycles. The Balaban J connectivity index is 1.78. The number of methoxy groups -OCH3 is 1. The van der Waals surface area contributed by atoms with E-state index in [-0.39, 0.29) is 5.56 Å². The van der Waals surface area contributed by atoms with Crippen LogP contribution >= 0.6 is 11.6 Å². The van der Waals surface area contributed by atoms with Crippen molar-refractivity contribution in [2.45, 2.75) is 33.4 Å². The molecule has 184 valence electrons. The van der Waals surface area contributed by atoms with Gasteiger partial charge in [-0.1, -0.05) is 54.9 Å². The topological polar surface area (TPSA) is 52.5 Å². The van der Waals surface area contributed by atoms with Crippen LogP contribution < -0.4 is 15.6 Å². The van der Waals surface area contributed by atoms with Crippen molar-refractivity contribution in [1.29, 1.82) is 0 Å². The molecule has 0 aliphatic heterocycles. The van der Waals surface area contributed by atoms with Gasteiger partial charge in [0.1, 0.15) is 18.1 Å². The van der Waals surface area contributed by atoms with Crippen molar-refractivity contribution >= 4 is 22.5 Å². The zero-order valence-electron chi connectivity index (χ0n) is 20.6. The third-order valence-corrected chi connectivity index (χ3v) is 5.79. The van der Waals surface area contributed by atoms with E-state index >= 15 is 0 Å². The first-order valence-corrected chi connectivity index (χ1v) is 12.2. The third-order valence-electron chi connectivity index (χ3n) is 5.55. The fourth-order valence-corrected chi connectivity index (χ4v) is 3.97. The molecule has 3 aromatic rings. The summed E-state index contributed by atoms with van der Waals surface area (Å²) in [6.45, 7) is 5.93. The highest BCUT2D eigenvalue weighted by Crippen LogP contribution is 2.19. The summed E-state index contributed by atoms with van der Waals surface area (Å²) in [5.41, 5.74) is 2.59. The molecular weight excluding hydrogens is 460 g/mol. The van der Waals surface area contributed by atoms with Crippen molar-refractivity contribution < 1.29 is 9.47 Å². The van der Waals surface area contributed by atoms with Gasteiger partial charge in [-0.25, -0.2) is 0 Å². The maximum absolute atomic E-state index is 13.4. The van der Waals surface area contributed by atoms with E-state index in [0.29, 0.717) is 36.8 Å². The Morgan fingerprint density at radius 1 is 1.11 bits per heavy atom. The minimum Gasteiger partial charge on any atom is -0.497 e. The Labute approximate surface area is 212 Å². The number of hydrogen-bond donors (Lipinski definition) is 1. The van der Waals surface area contributed by atoms with Crippen LogP contribution in [-0.2, 0) is 17.8 Å². The molecule has 0 fully saturated rings. The van der Waals surface area contributed by atoms with Gasteiger partial charge >= 0.3 is 0 Å². The van der Waals surface area contributed by atoms with Crippen molar-refractivity contribution in [3.05, 3.63) is 111 Å². The summed E-state index contributed by atoms with van der Waals surface area (Å²) in [6.07, 6.45) is 8.98. The van der Waals surface area contributed by atoms with Gasteiger partial charge < -0.3 is 19.4 Å². The summed E-state index contributed by atoms with van der Waals surface area (Å²) in [5, 5.41) is 4.98. The number of ether oxygens (including phenoxy) is 2. The second-order valence-corrected chi connectivity index (χ2v) is 8.45. The standard InChI is InChI=1S/C29H33ClN2O3/c1-4-9-22(12-15-26(5-2)34-3)20-31-21-24-18-23-13-14-25(30)19-28(23)32(29(24)33)16-17-35-27-10-7-6-8-11-27/h5-15,18-19,31H,4,16-17,20-21H2,1-3H3/b15-12-,22-9-,26-5+. The van der Waals surface area contributed by atoms with Crippen LogP contribution in [0.1, 0.15) is 25.8 Å². The smallest absolute Gasteiger partial charge is 0.255 e. The second kappa shape index (κ2) is 13.6. The Morgan fingerprint density at radius 2 is 1.91 bits per heavy atom. The minimum absolute atomic E-state index is 0.0453. The van der Waals surface area contributed by atoms with Gasteiger partial charge in [-0.15, -0.1) is 0 Å². The normalized spacial score (nSPS) is 12.5. The fraction of sp³-hybridized carbons (Fsp3) is 0.276. The summed E-state index contributed by atoms with van der Waals surface area (Å²) in [5.74, 6) is 1.58. The number of nitrogens with zero attached hydrogens (tertiary/aromatic N) is 1. The molecule has 0 bridgehead atoms. The molecular formula is C29H33ClN2O3. The van der Waals surface area contributed by atoms with Crippen LogP contribution in [-0.4, -0.2) is 24.8 Å². The largest absolute Gasteiger partial charge is 0.497 e. The van der Waals surface area contributed by atoms with E-state index in [1.807, 2.05) is 79.7 Å². The van der Waals surface area contributed by atoms with E-state index in [0.717, 1.165) is 34.4 Å². The van der Waals surface area contributed by atoms with Gasteiger partial charge in [-0.05, 0) is 66.8 Å². The van der Waals surface area contributed by atoms with Gasteiger partial charge in [0.25, 0.3) is 5.56 Å². The average molecular weight is 493 g/mol. The molecule has 0 amide bonds. The zero-order chi connectivity index (χ0) is 25.0. The first-order chi connectivity index (χ1) is 17.0. The molecule has 0 radical (unpaired) electrons. The van der Waals surface area contributed by atoms with Crippen molar-refractivity contribution in [2.24, 2.45) is 0 Å². The van der Waals surface area contributed by atoms with Crippen LogP contribution in [0, 0.1) is 0 Å². The Hall–Kier alpha value is -3.28. The van der Waals surface area contributed by atoms with Crippen LogP contribution in [0.25, 0.3) is 10.9 Å². The van der Waals surface area contributed by atoms with Crippen molar-refractivity contribution in [1.82, 2.24) is 9.88 Å². The highest BCUT2D eigenvalue weighted by Gasteiger charge is 2.10. The minimum atomic E-state index is -0.0453. The van der Waals surface area contributed by atoms with E-state index in [1.54, 1.807) is 11.7 Å².